The lowest BCUT2D eigenvalue weighted by molar-refractivity contribution is 0.0373. The number of nitrogens with zero attached hydrogens (tertiary/aromatic N) is 1. The van der Waals surface area contributed by atoms with E-state index in [9.17, 15) is 0 Å². The molecule has 1 heterocycles. The van der Waals surface area contributed by atoms with Crippen LogP contribution in [-0.4, -0.2) is 63.5 Å². The second kappa shape index (κ2) is 8.93. The van der Waals surface area contributed by atoms with Crippen molar-refractivity contribution in [1.82, 2.24) is 10.2 Å². The molecule has 0 radical (unpaired) electrons. The molecule has 0 aromatic carbocycles. The SMILES string of the molecule is CC(C)OCCNCCCN1CCOCC1. The Balaban J connectivity index is 1.80. The van der Waals surface area contributed by atoms with Crippen LogP contribution in [0, 0.1) is 0 Å². The van der Waals surface area contributed by atoms with Crippen molar-refractivity contribution < 1.29 is 9.47 Å². The second-order valence-electron chi connectivity index (χ2n) is 4.48. The Bertz CT molecular complexity index is 159. The zero-order valence-electron chi connectivity index (χ0n) is 10.7. The highest BCUT2D eigenvalue weighted by atomic mass is 16.5. The first-order valence-electron chi connectivity index (χ1n) is 6.41. The lowest BCUT2D eigenvalue weighted by atomic mass is 10.3. The van der Waals surface area contributed by atoms with E-state index in [0.29, 0.717) is 6.10 Å². The number of morpholine rings is 1. The molecule has 0 aliphatic carbocycles. The molecule has 96 valence electrons. The lowest BCUT2D eigenvalue weighted by Gasteiger charge is -2.26. The zero-order valence-corrected chi connectivity index (χ0v) is 10.7. The Hall–Kier alpha value is -0.160. The highest BCUT2D eigenvalue weighted by Crippen LogP contribution is 1.97. The third-order valence-electron chi connectivity index (χ3n) is 2.66. The van der Waals surface area contributed by atoms with Gasteiger partial charge in [0.05, 0.1) is 25.9 Å². The summed E-state index contributed by atoms with van der Waals surface area (Å²) in [5, 5.41) is 3.40. The Kier molecular flexibility index (Phi) is 7.76. The zero-order chi connectivity index (χ0) is 11.6. The van der Waals surface area contributed by atoms with Gasteiger partial charge in [0, 0.05) is 19.6 Å². The molecule has 1 fully saturated rings. The Labute approximate surface area is 99.3 Å². The first kappa shape index (κ1) is 13.9. The summed E-state index contributed by atoms with van der Waals surface area (Å²) in [5.74, 6) is 0. The van der Waals surface area contributed by atoms with Crippen LogP contribution in [0.4, 0.5) is 0 Å². The molecule has 0 unspecified atom stereocenters. The molecule has 0 atom stereocenters. The summed E-state index contributed by atoms with van der Waals surface area (Å²) >= 11 is 0. The minimum absolute atomic E-state index is 0.343. The molecule has 0 saturated carbocycles. The van der Waals surface area contributed by atoms with E-state index < -0.39 is 0 Å². The van der Waals surface area contributed by atoms with E-state index >= 15 is 0 Å². The van der Waals surface area contributed by atoms with E-state index in [-0.39, 0.29) is 0 Å². The van der Waals surface area contributed by atoms with E-state index in [1.165, 1.54) is 13.0 Å². The van der Waals surface area contributed by atoms with E-state index in [2.05, 4.69) is 24.1 Å². The van der Waals surface area contributed by atoms with E-state index in [0.717, 1.165) is 46.0 Å². The number of rotatable bonds is 8. The molecule has 0 amide bonds. The summed E-state index contributed by atoms with van der Waals surface area (Å²) in [6.45, 7) is 12.2. The van der Waals surface area contributed by atoms with E-state index in [4.69, 9.17) is 9.47 Å². The van der Waals surface area contributed by atoms with Gasteiger partial charge in [-0.2, -0.15) is 0 Å². The van der Waals surface area contributed by atoms with Crippen molar-refractivity contribution in [3.63, 3.8) is 0 Å². The fourth-order valence-corrected chi connectivity index (χ4v) is 1.74. The molecule has 1 N–H and O–H groups in total. The van der Waals surface area contributed by atoms with Crippen molar-refractivity contribution in [2.75, 3.05) is 52.5 Å². The minimum Gasteiger partial charge on any atom is -0.379 e. The highest BCUT2D eigenvalue weighted by Gasteiger charge is 2.08. The van der Waals surface area contributed by atoms with Gasteiger partial charge in [0.25, 0.3) is 0 Å². The Morgan fingerprint density at radius 2 is 2.00 bits per heavy atom. The molecule has 1 aliphatic rings. The molecule has 0 spiro atoms. The second-order valence-corrected chi connectivity index (χ2v) is 4.48. The molecule has 0 bridgehead atoms. The average molecular weight is 230 g/mol. The van der Waals surface area contributed by atoms with Crippen molar-refractivity contribution in [3.8, 4) is 0 Å². The van der Waals surface area contributed by atoms with Crippen LogP contribution in [0.25, 0.3) is 0 Å². The standard InChI is InChI=1S/C12H26N2O2/c1-12(2)16-9-5-13-4-3-6-14-7-10-15-11-8-14/h12-13H,3-11H2,1-2H3. The molecule has 4 heteroatoms. The summed E-state index contributed by atoms with van der Waals surface area (Å²) in [7, 11) is 0. The summed E-state index contributed by atoms with van der Waals surface area (Å²) in [4.78, 5) is 2.47. The van der Waals surface area contributed by atoms with E-state index in [1.54, 1.807) is 0 Å². The predicted molar refractivity (Wildman–Crippen MR) is 65.8 cm³/mol. The Morgan fingerprint density at radius 1 is 1.25 bits per heavy atom. The van der Waals surface area contributed by atoms with Crippen LogP contribution in [0.2, 0.25) is 0 Å². The Morgan fingerprint density at radius 3 is 2.69 bits per heavy atom. The number of hydrogen-bond acceptors (Lipinski definition) is 4. The monoisotopic (exact) mass is 230 g/mol. The van der Waals surface area contributed by atoms with Crippen molar-refractivity contribution in [2.24, 2.45) is 0 Å². The third-order valence-corrected chi connectivity index (χ3v) is 2.66. The quantitative estimate of drug-likeness (QED) is 0.623. The van der Waals surface area contributed by atoms with Gasteiger partial charge in [-0.25, -0.2) is 0 Å². The topological polar surface area (TPSA) is 33.7 Å². The van der Waals surface area contributed by atoms with Crippen LogP contribution < -0.4 is 5.32 Å². The van der Waals surface area contributed by atoms with Crippen molar-refractivity contribution >= 4 is 0 Å². The summed E-state index contributed by atoms with van der Waals surface area (Å²) in [6.07, 6.45) is 1.55. The number of hydrogen-bond donors (Lipinski definition) is 1. The highest BCUT2D eigenvalue weighted by molar-refractivity contribution is 4.62. The summed E-state index contributed by atoms with van der Waals surface area (Å²) in [5.41, 5.74) is 0. The van der Waals surface area contributed by atoms with Crippen LogP contribution in [0.3, 0.4) is 0 Å². The molecule has 1 saturated heterocycles. The van der Waals surface area contributed by atoms with Crippen LogP contribution in [0.15, 0.2) is 0 Å². The maximum atomic E-state index is 5.45. The molecule has 1 aliphatic heterocycles. The van der Waals surface area contributed by atoms with Crippen LogP contribution >= 0.6 is 0 Å². The van der Waals surface area contributed by atoms with Gasteiger partial charge in [-0.05, 0) is 33.4 Å². The number of ether oxygens (including phenoxy) is 2. The van der Waals surface area contributed by atoms with Crippen LogP contribution in [-0.2, 0) is 9.47 Å². The van der Waals surface area contributed by atoms with Gasteiger partial charge < -0.3 is 14.8 Å². The molecule has 0 aromatic heterocycles. The van der Waals surface area contributed by atoms with Crippen LogP contribution in [0.5, 0.6) is 0 Å². The molecule has 16 heavy (non-hydrogen) atoms. The first-order chi connectivity index (χ1) is 7.79. The van der Waals surface area contributed by atoms with Crippen molar-refractivity contribution in [2.45, 2.75) is 26.4 Å². The van der Waals surface area contributed by atoms with Gasteiger partial charge in [0.2, 0.25) is 0 Å². The number of nitrogens with one attached hydrogen (secondary N) is 1. The van der Waals surface area contributed by atoms with Gasteiger partial charge in [-0.1, -0.05) is 0 Å². The summed E-state index contributed by atoms with van der Waals surface area (Å²) < 4.78 is 10.8. The predicted octanol–water partition coefficient (Wildman–Crippen LogP) is 0.723. The lowest BCUT2D eigenvalue weighted by Crippen LogP contribution is -2.37. The average Bonchev–Trinajstić information content (AvgIpc) is 2.29. The van der Waals surface area contributed by atoms with Crippen molar-refractivity contribution in [1.29, 1.82) is 0 Å². The maximum absolute atomic E-state index is 5.45. The molecule has 4 nitrogen and oxygen atoms in total. The van der Waals surface area contributed by atoms with Gasteiger partial charge in [-0.15, -0.1) is 0 Å². The largest absolute Gasteiger partial charge is 0.379 e. The van der Waals surface area contributed by atoms with Gasteiger partial charge in [-0.3, -0.25) is 4.90 Å². The first-order valence-corrected chi connectivity index (χ1v) is 6.41. The van der Waals surface area contributed by atoms with Gasteiger partial charge in [0.1, 0.15) is 0 Å². The minimum atomic E-state index is 0.343. The normalized spacial score (nSPS) is 18.2. The third kappa shape index (κ3) is 7.17. The maximum Gasteiger partial charge on any atom is 0.0594 e. The molecule has 0 aromatic rings. The fraction of sp³-hybridized carbons (Fsp3) is 1.00. The summed E-state index contributed by atoms with van der Waals surface area (Å²) in [6, 6.07) is 0. The molecule has 1 rings (SSSR count). The van der Waals surface area contributed by atoms with Gasteiger partial charge >= 0.3 is 0 Å². The van der Waals surface area contributed by atoms with E-state index in [1.807, 2.05) is 0 Å². The van der Waals surface area contributed by atoms with Gasteiger partial charge in [0.15, 0.2) is 0 Å². The molecular weight excluding hydrogens is 204 g/mol. The smallest absolute Gasteiger partial charge is 0.0594 e. The van der Waals surface area contributed by atoms with Crippen LogP contribution in [0.1, 0.15) is 20.3 Å². The fourth-order valence-electron chi connectivity index (χ4n) is 1.74. The van der Waals surface area contributed by atoms with Crippen molar-refractivity contribution in [3.05, 3.63) is 0 Å². The molecular formula is C12H26N2O2.